The molecule has 0 aromatic rings. The monoisotopic (exact) mass is 298 g/mol. The van der Waals surface area contributed by atoms with Crippen LogP contribution in [0.5, 0.6) is 0 Å². The summed E-state index contributed by atoms with van der Waals surface area (Å²) in [7, 11) is 0. The minimum absolute atomic E-state index is 0. The molecule has 0 heterocycles. The molecule has 0 aromatic heterocycles. The van der Waals surface area contributed by atoms with Crippen molar-refractivity contribution in [1.82, 2.24) is 0 Å². The Bertz CT molecular complexity index is 9.61. The van der Waals surface area contributed by atoms with E-state index in [0.29, 0.717) is 0 Å². The van der Waals surface area contributed by atoms with Crippen molar-refractivity contribution < 1.29 is 79.7 Å². The summed E-state index contributed by atoms with van der Waals surface area (Å²) in [6.45, 7) is 0. The number of hydrogen-bond acceptors (Lipinski definition) is 0. The van der Waals surface area contributed by atoms with Gasteiger partial charge >= 0.3 is 93.3 Å². The Balaban J connectivity index is 0. The average Bonchev–Trinajstić information content (AvgIpc) is 0. The first-order valence-electron chi connectivity index (χ1n) is 0. The fourth-order valence-corrected chi connectivity index (χ4v) is 0. The van der Waals surface area contributed by atoms with Crippen molar-refractivity contribution in [2.75, 3.05) is 0 Å². The van der Waals surface area contributed by atoms with Gasteiger partial charge in [0.05, 0.1) is 0 Å². The predicted octanol–water partition coefficient (Wildman–Crippen LogP) is -3.76. The van der Waals surface area contributed by atoms with E-state index in [9.17, 15) is 0 Å². The van der Waals surface area contributed by atoms with Gasteiger partial charge in [-0.3, -0.25) is 9.41 Å². The van der Waals surface area contributed by atoms with Crippen molar-refractivity contribution in [3.63, 3.8) is 0 Å². The Morgan fingerprint density at radius 3 is 1.00 bits per heavy atom. The van der Waals surface area contributed by atoms with E-state index >= 15 is 0 Å². The third-order valence-corrected chi connectivity index (χ3v) is 0. The van der Waals surface area contributed by atoms with Crippen LogP contribution in [-0.4, -0.2) is 24.4 Å². The molecule has 0 amide bonds. The van der Waals surface area contributed by atoms with Crippen LogP contribution < -0.4 is 68.9 Å². The van der Waals surface area contributed by atoms with Crippen LogP contribution in [-0.2, 0) is 0 Å². The SMILES string of the molecule is F.F.[Cs+].[H-].[SbH3]. The second kappa shape index (κ2) is 17.2. The van der Waals surface area contributed by atoms with Gasteiger partial charge in [-0.2, -0.15) is 0 Å². The maximum atomic E-state index is 0. The van der Waals surface area contributed by atoms with E-state index < -0.39 is 0 Å². The quantitative estimate of drug-likeness (QED) is 0.403. The molecule has 4 heteroatoms. The Morgan fingerprint density at radius 2 is 1.00 bits per heavy atom. The van der Waals surface area contributed by atoms with Gasteiger partial charge in [0.2, 0.25) is 0 Å². The Labute approximate surface area is 101 Å². The second-order valence-corrected chi connectivity index (χ2v) is 0. The third-order valence-electron chi connectivity index (χ3n) is 0. The molecule has 0 aliphatic heterocycles. The molecule has 0 aliphatic rings. The molecule has 0 radical (unpaired) electrons. The fraction of sp³-hybridized carbons (Fsp3) is 0. The number of hydrogen-bond donors (Lipinski definition) is 0. The van der Waals surface area contributed by atoms with Gasteiger partial charge in [0, 0.05) is 0 Å². The van der Waals surface area contributed by atoms with Gasteiger partial charge in [-0.25, -0.2) is 0 Å². The van der Waals surface area contributed by atoms with Crippen LogP contribution in [0.2, 0.25) is 0 Å². The molecule has 4 heavy (non-hydrogen) atoms. The molecule has 26 valence electrons. The molecule has 0 rings (SSSR count). The second-order valence-electron chi connectivity index (χ2n) is 0. The Hall–Kier alpha value is 2.73. The molecule has 0 saturated heterocycles. The molecular formula is H6CsF2Sb. The van der Waals surface area contributed by atoms with Gasteiger partial charge in [-0.15, -0.1) is 0 Å². The van der Waals surface area contributed by atoms with E-state index in [-0.39, 0.29) is 104 Å². The molecule has 0 nitrogen and oxygen atoms in total. The van der Waals surface area contributed by atoms with Crippen molar-refractivity contribution in [2.24, 2.45) is 0 Å². The maximum absolute atomic E-state index is 0. The zero-order chi connectivity index (χ0) is 0. The van der Waals surface area contributed by atoms with Gasteiger partial charge in [0.1, 0.15) is 0 Å². The summed E-state index contributed by atoms with van der Waals surface area (Å²) in [6, 6.07) is 0. The van der Waals surface area contributed by atoms with E-state index in [1.165, 1.54) is 0 Å². The topological polar surface area (TPSA) is 0 Å². The Morgan fingerprint density at radius 1 is 1.00 bits per heavy atom. The molecule has 0 N–H and O–H groups in total. The van der Waals surface area contributed by atoms with E-state index in [1.807, 2.05) is 0 Å². The fourth-order valence-electron chi connectivity index (χ4n) is 0. The van der Waals surface area contributed by atoms with Crippen molar-refractivity contribution in [3.05, 3.63) is 0 Å². The van der Waals surface area contributed by atoms with Crippen LogP contribution in [0, 0.1) is 0 Å². The zero-order valence-corrected chi connectivity index (χ0v) is 12.8. The molecule has 0 saturated carbocycles. The van der Waals surface area contributed by atoms with Crippen LogP contribution in [0.4, 0.5) is 9.41 Å². The first kappa shape index (κ1) is 29.6. The summed E-state index contributed by atoms with van der Waals surface area (Å²) in [5.41, 5.74) is 0. The van der Waals surface area contributed by atoms with Crippen molar-refractivity contribution in [2.45, 2.75) is 0 Å². The van der Waals surface area contributed by atoms with Crippen LogP contribution >= 0.6 is 0 Å². The zero-order valence-electron chi connectivity index (χ0n) is 3.52. The summed E-state index contributed by atoms with van der Waals surface area (Å²) in [5.74, 6) is 0. The van der Waals surface area contributed by atoms with Gasteiger partial charge in [0.15, 0.2) is 0 Å². The number of halogens is 2. The molecule has 0 aliphatic carbocycles. The minimum atomic E-state index is 0. The molecule has 0 atom stereocenters. The van der Waals surface area contributed by atoms with Crippen molar-refractivity contribution in [3.8, 4) is 0 Å². The summed E-state index contributed by atoms with van der Waals surface area (Å²) in [6.07, 6.45) is 0. The van der Waals surface area contributed by atoms with Gasteiger partial charge in [0.25, 0.3) is 0 Å². The molecule has 0 fully saturated rings. The van der Waals surface area contributed by atoms with E-state index in [1.54, 1.807) is 0 Å². The molecule has 0 spiro atoms. The standard InChI is InChI=1S/Cs.2FH.Sb.4H/h;2*1H;;;;;/q+1;;;;;;;-1. The van der Waals surface area contributed by atoms with Gasteiger partial charge in [-0.05, 0) is 0 Å². The van der Waals surface area contributed by atoms with E-state index in [4.69, 9.17) is 0 Å². The predicted molar refractivity (Wildman–Crippen MR) is 16.1 cm³/mol. The van der Waals surface area contributed by atoms with Crippen molar-refractivity contribution >= 4 is 24.4 Å². The number of rotatable bonds is 0. The van der Waals surface area contributed by atoms with Crippen LogP contribution in [0.15, 0.2) is 0 Å². The normalized spacial score (nSPS) is 0. The van der Waals surface area contributed by atoms with Crippen LogP contribution in [0.1, 0.15) is 1.43 Å². The summed E-state index contributed by atoms with van der Waals surface area (Å²) in [5, 5.41) is 0. The van der Waals surface area contributed by atoms with E-state index in [2.05, 4.69) is 0 Å². The van der Waals surface area contributed by atoms with Gasteiger partial charge < -0.3 is 1.43 Å². The Kier molecular flexibility index (Phi) is 127. The summed E-state index contributed by atoms with van der Waals surface area (Å²) >= 11 is 0. The first-order chi connectivity index (χ1) is 0. The van der Waals surface area contributed by atoms with Crippen LogP contribution in [0.25, 0.3) is 0 Å². The molecule has 0 unspecified atom stereocenters. The van der Waals surface area contributed by atoms with Crippen LogP contribution in [0.3, 0.4) is 0 Å². The summed E-state index contributed by atoms with van der Waals surface area (Å²) < 4.78 is 0. The average molecular weight is 299 g/mol. The third kappa shape index (κ3) is 8.83. The molecule has 0 bridgehead atoms. The summed E-state index contributed by atoms with van der Waals surface area (Å²) in [4.78, 5) is 0. The van der Waals surface area contributed by atoms with E-state index in [0.717, 1.165) is 0 Å². The van der Waals surface area contributed by atoms with Crippen molar-refractivity contribution in [1.29, 1.82) is 0 Å². The molecular weight excluding hydrogens is 293 g/mol. The van der Waals surface area contributed by atoms with Gasteiger partial charge in [-0.1, -0.05) is 0 Å². The molecule has 0 aromatic carbocycles. The first-order valence-corrected chi connectivity index (χ1v) is 0.